The average molecular weight is 222 g/mol. The molecule has 0 heterocycles. The molecule has 0 atom stereocenters. The van der Waals surface area contributed by atoms with Gasteiger partial charge in [-0.05, 0) is 6.42 Å². The third kappa shape index (κ3) is 8.19. The fraction of sp³-hybridized carbons (Fsp3) is 0.778. The summed E-state index contributed by atoms with van der Waals surface area (Å²) in [7, 11) is 0. The maximum atomic E-state index is 9.91. The number of carboxylic acid groups (broad SMARTS) is 1. The molecule has 1 aliphatic carbocycles. The molecule has 3 heteroatoms. The topological polar surface area (TPSA) is 40.1 Å². The SMILES string of the molecule is CC(C)(C)C(=O)[O-].[CH]1CCC1.[Zn]. The quantitative estimate of drug-likeness (QED) is 0.576. The second-order valence-electron chi connectivity index (χ2n) is 3.76. The number of hydrogen-bond donors (Lipinski definition) is 0. The minimum absolute atomic E-state index is 0. The van der Waals surface area contributed by atoms with Crippen LogP contribution in [-0.2, 0) is 24.3 Å². The molecule has 0 aromatic rings. The molecule has 2 nitrogen and oxygen atoms in total. The van der Waals surface area contributed by atoms with Gasteiger partial charge in [-0.15, -0.1) is 0 Å². The van der Waals surface area contributed by atoms with Gasteiger partial charge < -0.3 is 9.90 Å². The number of hydrogen-bond acceptors (Lipinski definition) is 2. The van der Waals surface area contributed by atoms with Crippen molar-refractivity contribution in [1.29, 1.82) is 0 Å². The van der Waals surface area contributed by atoms with Crippen molar-refractivity contribution in [2.24, 2.45) is 5.41 Å². The predicted molar refractivity (Wildman–Crippen MR) is 42.6 cm³/mol. The van der Waals surface area contributed by atoms with Crippen LogP contribution < -0.4 is 5.11 Å². The predicted octanol–water partition coefficient (Wildman–Crippen LogP) is 1.15. The first-order valence-corrected chi connectivity index (χ1v) is 3.97. The van der Waals surface area contributed by atoms with E-state index in [2.05, 4.69) is 6.42 Å². The van der Waals surface area contributed by atoms with E-state index in [1.54, 1.807) is 20.8 Å². The number of carbonyl (C=O) groups is 1. The van der Waals surface area contributed by atoms with Crippen molar-refractivity contribution < 1.29 is 29.4 Å². The molecule has 1 fully saturated rings. The average Bonchev–Trinajstić information content (AvgIpc) is 1.55. The van der Waals surface area contributed by atoms with Gasteiger partial charge in [0.15, 0.2) is 0 Å². The molecule has 67 valence electrons. The molecule has 1 rings (SSSR count). The van der Waals surface area contributed by atoms with E-state index < -0.39 is 11.4 Å². The second kappa shape index (κ2) is 6.59. The van der Waals surface area contributed by atoms with Crippen molar-refractivity contribution in [2.45, 2.75) is 40.0 Å². The minimum atomic E-state index is -1.01. The minimum Gasteiger partial charge on any atom is -0.550 e. The van der Waals surface area contributed by atoms with E-state index in [9.17, 15) is 9.90 Å². The molecule has 0 amide bonds. The molecule has 0 aromatic heterocycles. The van der Waals surface area contributed by atoms with Crippen molar-refractivity contribution in [3.05, 3.63) is 6.42 Å². The van der Waals surface area contributed by atoms with E-state index >= 15 is 0 Å². The van der Waals surface area contributed by atoms with Gasteiger partial charge in [-0.2, -0.15) is 0 Å². The number of aliphatic carboxylic acids is 1. The smallest absolute Gasteiger partial charge is 0.0467 e. The molecule has 0 unspecified atom stereocenters. The first kappa shape index (κ1) is 14.6. The molecule has 0 spiro atoms. The Hall–Kier alpha value is 0.0934. The summed E-state index contributed by atoms with van der Waals surface area (Å²) in [6.07, 6.45) is 6.50. The number of carbonyl (C=O) groups excluding carboxylic acids is 1. The standard InChI is InChI=1S/C5H10O2.C4H7.Zn/c1-5(2,3)4(6)7;1-2-4-3-1;/h1-3H3,(H,6,7);1H,2-4H2;/p-1. The van der Waals surface area contributed by atoms with E-state index in [4.69, 9.17) is 0 Å². The van der Waals surface area contributed by atoms with Crippen LogP contribution in [0.1, 0.15) is 40.0 Å². The van der Waals surface area contributed by atoms with Gasteiger partial charge in [-0.25, -0.2) is 0 Å². The molecule has 12 heavy (non-hydrogen) atoms. The summed E-state index contributed by atoms with van der Waals surface area (Å²) >= 11 is 0. The maximum Gasteiger partial charge on any atom is 0.0467 e. The van der Waals surface area contributed by atoms with Gasteiger partial charge in [-0.3, -0.25) is 0 Å². The monoisotopic (exact) mass is 220 g/mol. The normalized spacial score (nSPS) is 14.6. The Morgan fingerprint density at radius 1 is 1.33 bits per heavy atom. The van der Waals surface area contributed by atoms with E-state index in [1.807, 2.05) is 0 Å². The number of rotatable bonds is 0. The molecule has 0 aliphatic heterocycles. The van der Waals surface area contributed by atoms with E-state index in [0.717, 1.165) is 0 Å². The van der Waals surface area contributed by atoms with E-state index in [0.29, 0.717) is 0 Å². The molecule has 0 N–H and O–H groups in total. The molecule has 0 saturated heterocycles. The third-order valence-electron chi connectivity index (χ3n) is 1.43. The van der Waals surface area contributed by atoms with Crippen LogP contribution in [0.2, 0.25) is 0 Å². The Morgan fingerprint density at radius 2 is 1.50 bits per heavy atom. The first-order valence-electron chi connectivity index (χ1n) is 3.97. The van der Waals surface area contributed by atoms with Crippen LogP contribution in [0.15, 0.2) is 0 Å². The summed E-state index contributed by atoms with van der Waals surface area (Å²) in [5.41, 5.74) is -0.694. The Kier molecular flexibility index (Phi) is 8.03. The fourth-order valence-corrected chi connectivity index (χ4v) is 0.204. The Balaban J connectivity index is 0. The molecule has 1 radical (unpaired) electrons. The van der Waals surface area contributed by atoms with Gasteiger partial charge in [0.05, 0.1) is 0 Å². The largest absolute Gasteiger partial charge is 0.550 e. The molecule has 0 aromatic carbocycles. The van der Waals surface area contributed by atoms with Crippen molar-refractivity contribution in [3.63, 3.8) is 0 Å². The van der Waals surface area contributed by atoms with Gasteiger partial charge in [0.2, 0.25) is 0 Å². The van der Waals surface area contributed by atoms with Crippen LogP contribution in [0.3, 0.4) is 0 Å². The molecule has 0 bridgehead atoms. The van der Waals surface area contributed by atoms with E-state index in [-0.39, 0.29) is 19.5 Å². The number of carboxylic acids is 1. The summed E-state index contributed by atoms with van der Waals surface area (Å²) in [4.78, 5) is 9.91. The molecular formula is C9H16O2Zn-. The first-order chi connectivity index (χ1) is 4.94. The van der Waals surface area contributed by atoms with Crippen LogP contribution in [0.5, 0.6) is 0 Å². The van der Waals surface area contributed by atoms with Gasteiger partial charge >= 0.3 is 0 Å². The van der Waals surface area contributed by atoms with Gasteiger partial charge in [0, 0.05) is 30.9 Å². The van der Waals surface area contributed by atoms with Crippen LogP contribution in [0.25, 0.3) is 0 Å². The Bertz CT molecular complexity index is 119. The van der Waals surface area contributed by atoms with Crippen LogP contribution in [0, 0.1) is 11.8 Å². The van der Waals surface area contributed by atoms with Gasteiger partial charge in [0.1, 0.15) is 0 Å². The fourth-order valence-electron chi connectivity index (χ4n) is 0.204. The van der Waals surface area contributed by atoms with Crippen LogP contribution in [-0.4, -0.2) is 5.97 Å². The molecule has 1 aliphatic rings. The zero-order chi connectivity index (χ0) is 8.91. The Labute approximate surface area is 87.5 Å². The zero-order valence-corrected chi connectivity index (χ0v) is 11.2. The Morgan fingerprint density at radius 3 is 1.50 bits per heavy atom. The zero-order valence-electron chi connectivity index (χ0n) is 8.22. The van der Waals surface area contributed by atoms with Crippen LogP contribution in [0.4, 0.5) is 0 Å². The maximum absolute atomic E-state index is 9.91. The summed E-state index contributed by atoms with van der Waals surface area (Å²) in [5.74, 6) is -1.01. The third-order valence-corrected chi connectivity index (χ3v) is 1.43. The molecule has 1 saturated carbocycles. The summed E-state index contributed by atoms with van der Waals surface area (Å²) in [5, 5.41) is 9.91. The van der Waals surface area contributed by atoms with Gasteiger partial charge in [0.25, 0.3) is 0 Å². The second-order valence-corrected chi connectivity index (χ2v) is 3.76. The van der Waals surface area contributed by atoms with Crippen molar-refractivity contribution in [3.8, 4) is 0 Å². The van der Waals surface area contributed by atoms with Crippen LogP contribution >= 0.6 is 0 Å². The summed E-state index contributed by atoms with van der Waals surface area (Å²) in [6.45, 7) is 4.80. The van der Waals surface area contributed by atoms with Crippen molar-refractivity contribution in [1.82, 2.24) is 0 Å². The summed E-state index contributed by atoms with van der Waals surface area (Å²) in [6, 6.07) is 0. The van der Waals surface area contributed by atoms with Crippen molar-refractivity contribution >= 4 is 5.97 Å². The van der Waals surface area contributed by atoms with Gasteiger partial charge in [-0.1, -0.05) is 40.0 Å². The molecular weight excluding hydrogens is 205 g/mol. The summed E-state index contributed by atoms with van der Waals surface area (Å²) < 4.78 is 0. The van der Waals surface area contributed by atoms with E-state index in [1.165, 1.54) is 19.3 Å². The van der Waals surface area contributed by atoms with Crippen molar-refractivity contribution in [2.75, 3.05) is 0 Å².